The van der Waals surface area contributed by atoms with Gasteiger partial charge in [0.05, 0.1) is 17.4 Å². The number of nitrogens with one attached hydrogen (secondary N) is 2. The summed E-state index contributed by atoms with van der Waals surface area (Å²) in [6, 6.07) is 20.3. The average molecular weight is 475 g/mol. The number of hydrogen-bond acceptors (Lipinski definition) is 5. The SMILES string of the molecule is O=C(Nc1cncc(Cc2ccccc2)c1)c1n[nH]c2ccc(-c3cncc(CN4CCC4)c3)cc12. The normalized spacial score (nSPS) is 13.4. The molecule has 1 aliphatic rings. The number of anilines is 1. The molecule has 0 aliphatic carbocycles. The second-order valence-corrected chi connectivity index (χ2v) is 9.24. The van der Waals surface area contributed by atoms with Crippen molar-refractivity contribution in [3.8, 4) is 11.1 Å². The molecule has 0 unspecified atom stereocenters. The number of nitrogens with zero attached hydrogens (tertiary/aromatic N) is 4. The van der Waals surface area contributed by atoms with Crippen LogP contribution in [0.4, 0.5) is 5.69 Å². The molecule has 0 spiro atoms. The zero-order chi connectivity index (χ0) is 24.3. The Hall–Kier alpha value is -4.36. The molecule has 7 nitrogen and oxygen atoms in total. The van der Waals surface area contributed by atoms with Gasteiger partial charge in [0.15, 0.2) is 5.69 Å². The number of rotatable bonds is 7. The van der Waals surface area contributed by atoms with Crippen molar-refractivity contribution in [2.75, 3.05) is 18.4 Å². The van der Waals surface area contributed by atoms with Crippen LogP contribution in [0, 0.1) is 0 Å². The summed E-state index contributed by atoms with van der Waals surface area (Å²) in [7, 11) is 0. The molecule has 1 amide bonds. The number of fused-ring (bicyclic) bond motifs is 1. The van der Waals surface area contributed by atoms with Gasteiger partial charge in [0.2, 0.25) is 0 Å². The summed E-state index contributed by atoms with van der Waals surface area (Å²) in [6.45, 7) is 3.21. The lowest BCUT2D eigenvalue weighted by molar-refractivity contribution is 0.102. The van der Waals surface area contributed by atoms with Crippen molar-refractivity contribution in [3.63, 3.8) is 0 Å². The number of aromatic amines is 1. The van der Waals surface area contributed by atoms with Gasteiger partial charge in [0.1, 0.15) is 0 Å². The standard InChI is InChI=1S/C29H26N6O/c36-29(32-25-13-21(15-31-18-25)11-20-5-2-1-3-6-20)28-26-14-23(7-8-27(26)33-34-28)24-12-22(16-30-17-24)19-35-9-4-10-35/h1-3,5-8,12-18H,4,9-11,19H2,(H,32,36)(H,33,34). The first-order valence-electron chi connectivity index (χ1n) is 12.2. The molecule has 2 aromatic carbocycles. The monoisotopic (exact) mass is 474 g/mol. The van der Waals surface area contributed by atoms with Gasteiger partial charge in [-0.05, 0) is 72.5 Å². The van der Waals surface area contributed by atoms with E-state index in [1.807, 2.05) is 61.1 Å². The molecule has 1 saturated heterocycles. The fraction of sp³-hybridized carbons (Fsp3) is 0.172. The summed E-state index contributed by atoms with van der Waals surface area (Å²) in [5.74, 6) is -0.276. The van der Waals surface area contributed by atoms with Crippen LogP contribution in [-0.4, -0.2) is 44.1 Å². The third kappa shape index (κ3) is 4.74. The molecule has 4 heterocycles. The summed E-state index contributed by atoms with van der Waals surface area (Å²) in [5, 5.41) is 11.0. The minimum Gasteiger partial charge on any atom is -0.319 e. The number of carbonyl (C=O) groups is 1. The second-order valence-electron chi connectivity index (χ2n) is 9.24. The minimum absolute atomic E-state index is 0.276. The molecule has 0 saturated carbocycles. The molecule has 36 heavy (non-hydrogen) atoms. The van der Waals surface area contributed by atoms with Crippen LogP contribution >= 0.6 is 0 Å². The predicted octanol–water partition coefficient (Wildman–Crippen LogP) is 5.07. The van der Waals surface area contributed by atoms with E-state index in [1.165, 1.54) is 17.5 Å². The van der Waals surface area contributed by atoms with E-state index in [2.05, 4.69) is 48.6 Å². The quantitative estimate of drug-likeness (QED) is 0.344. The Morgan fingerprint density at radius 2 is 1.69 bits per heavy atom. The number of pyridine rings is 2. The molecule has 0 atom stereocenters. The van der Waals surface area contributed by atoms with Gasteiger partial charge in [-0.15, -0.1) is 0 Å². The number of benzene rings is 2. The molecule has 178 valence electrons. The molecule has 5 aromatic rings. The van der Waals surface area contributed by atoms with Crippen molar-refractivity contribution in [3.05, 3.63) is 108 Å². The van der Waals surface area contributed by atoms with Gasteiger partial charge in [0, 0.05) is 36.1 Å². The maximum Gasteiger partial charge on any atom is 0.276 e. The van der Waals surface area contributed by atoms with Gasteiger partial charge in [-0.25, -0.2) is 0 Å². The topological polar surface area (TPSA) is 86.8 Å². The zero-order valence-corrected chi connectivity index (χ0v) is 19.8. The van der Waals surface area contributed by atoms with E-state index < -0.39 is 0 Å². The summed E-state index contributed by atoms with van der Waals surface area (Å²) in [6.07, 6.45) is 9.28. The molecule has 2 N–H and O–H groups in total. The van der Waals surface area contributed by atoms with Crippen LogP contribution in [0.25, 0.3) is 22.0 Å². The first-order valence-corrected chi connectivity index (χ1v) is 12.2. The maximum atomic E-state index is 13.2. The van der Waals surface area contributed by atoms with Crippen molar-refractivity contribution < 1.29 is 4.79 Å². The fourth-order valence-corrected chi connectivity index (χ4v) is 4.57. The minimum atomic E-state index is -0.276. The number of hydrogen-bond donors (Lipinski definition) is 2. The first-order chi connectivity index (χ1) is 17.7. The van der Waals surface area contributed by atoms with E-state index in [9.17, 15) is 4.79 Å². The molecule has 0 bridgehead atoms. The van der Waals surface area contributed by atoms with Crippen LogP contribution in [0.1, 0.15) is 33.6 Å². The Balaban J connectivity index is 1.23. The Labute approximate surface area is 209 Å². The van der Waals surface area contributed by atoms with Crippen LogP contribution in [-0.2, 0) is 13.0 Å². The number of amides is 1. The van der Waals surface area contributed by atoms with Gasteiger partial charge in [0.25, 0.3) is 5.91 Å². The van der Waals surface area contributed by atoms with Gasteiger partial charge in [-0.1, -0.05) is 36.4 Å². The molecule has 6 rings (SSSR count). The van der Waals surface area contributed by atoms with Gasteiger partial charge in [-0.3, -0.25) is 24.8 Å². The highest BCUT2D eigenvalue weighted by molar-refractivity contribution is 6.11. The van der Waals surface area contributed by atoms with E-state index in [0.29, 0.717) is 11.4 Å². The highest BCUT2D eigenvalue weighted by atomic mass is 16.1. The summed E-state index contributed by atoms with van der Waals surface area (Å²) < 4.78 is 0. The third-order valence-electron chi connectivity index (χ3n) is 6.56. The summed E-state index contributed by atoms with van der Waals surface area (Å²) >= 11 is 0. The molecular formula is C29H26N6O. The molecule has 3 aromatic heterocycles. The predicted molar refractivity (Wildman–Crippen MR) is 141 cm³/mol. The molecule has 7 heteroatoms. The largest absolute Gasteiger partial charge is 0.319 e. The van der Waals surface area contributed by atoms with E-state index in [0.717, 1.165) is 53.6 Å². The third-order valence-corrected chi connectivity index (χ3v) is 6.56. The van der Waals surface area contributed by atoms with Crippen molar-refractivity contribution in [1.82, 2.24) is 25.1 Å². The van der Waals surface area contributed by atoms with Crippen molar-refractivity contribution >= 4 is 22.5 Å². The summed E-state index contributed by atoms with van der Waals surface area (Å²) in [4.78, 5) is 24.4. The highest BCUT2D eigenvalue weighted by Gasteiger charge is 2.17. The Bertz CT molecular complexity index is 1520. The van der Waals surface area contributed by atoms with Gasteiger partial charge >= 0.3 is 0 Å². The molecule has 1 aliphatic heterocycles. The van der Waals surface area contributed by atoms with Crippen LogP contribution in [0.15, 0.2) is 85.5 Å². The average Bonchev–Trinajstić information content (AvgIpc) is 3.31. The highest BCUT2D eigenvalue weighted by Crippen LogP contribution is 2.27. The van der Waals surface area contributed by atoms with Crippen LogP contribution in [0.2, 0.25) is 0 Å². The van der Waals surface area contributed by atoms with E-state index >= 15 is 0 Å². The smallest absolute Gasteiger partial charge is 0.276 e. The van der Waals surface area contributed by atoms with Crippen molar-refractivity contribution in [2.24, 2.45) is 0 Å². The zero-order valence-electron chi connectivity index (χ0n) is 19.8. The Morgan fingerprint density at radius 1 is 0.861 bits per heavy atom. The number of aromatic nitrogens is 4. The van der Waals surface area contributed by atoms with E-state index in [4.69, 9.17) is 0 Å². The molecular weight excluding hydrogens is 448 g/mol. The fourth-order valence-electron chi connectivity index (χ4n) is 4.57. The van der Waals surface area contributed by atoms with Crippen molar-refractivity contribution in [2.45, 2.75) is 19.4 Å². The Kier molecular flexibility index (Phi) is 5.97. The Morgan fingerprint density at radius 3 is 2.53 bits per heavy atom. The molecule has 0 radical (unpaired) electrons. The summed E-state index contributed by atoms with van der Waals surface area (Å²) in [5.41, 5.74) is 7.25. The van der Waals surface area contributed by atoms with Gasteiger partial charge in [-0.2, -0.15) is 5.10 Å². The van der Waals surface area contributed by atoms with Crippen LogP contribution < -0.4 is 5.32 Å². The lowest BCUT2D eigenvalue weighted by Crippen LogP contribution is -2.36. The second kappa shape index (κ2) is 9.71. The van der Waals surface area contributed by atoms with Crippen LogP contribution in [0.3, 0.4) is 0 Å². The van der Waals surface area contributed by atoms with E-state index in [1.54, 1.807) is 6.20 Å². The van der Waals surface area contributed by atoms with Crippen LogP contribution in [0.5, 0.6) is 0 Å². The maximum absolute atomic E-state index is 13.2. The molecule has 1 fully saturated rings. The van der Waals surface area contributed by atoms with Crippen molar-refractivity contribution in [1.29, 1.82) is 0 Å². The number of likely N-dealkylation sites (tertiary alicyclic amines) is 1. The number of H-pyrrole nitrogens is 1. The van der Waals surface area contributed by atoms with Gasteiger partial charge < -0.3 is 5.32 Å². The lowest BCUT2D eigenvalue weighted by Gasteiger charge is -2.30. The lowest BCUT2D eigenvalue weighted by atomic mass is 10.0. The van der Waals surface area contributed by atoms with E-state index in [-0.39, 0.29) is 5.91 Å². The number of carbonyl (C=O) groups excluding carboxylic acids is 1. The first kappa shape index (κ1) is 22.1.